The Labute approximate surface area is 126 Å². The van der Waals surface area contributed by atoms with E-state index in [-0.39, 0.29) is 22.2 Å². The summed E-state index contributed by atoms with van der Waals surface area (Å²) in [6.07, 6.45) is 0. The Hall–Kier alpha value is -2.40. The molecule has 0 aliphatic rings. The Bertz CT molecular complexity index is 728. The van der Waals surface area contributed by atoms with Crippen molar-refractivity contribution in [1.29, 1.82) is 0 Å². The summed E-state index contributed by atoms with van der Waals surface area (Å²) in [7, 11) is 0. The number of hydrogen-bond acceptors (Lipinski definition) is 4. The third kappa shape index (κ3) is 3.20. The van der Waals surface area contributed by atoms with Crippen LogP contribution in [0.5, 0.6) is 11.5 Å². The second-order valence-corrected chi connectivity index (χ2v) is 4.89. The monoisotopic (exact) mass is 305 g/mol. The van der Waals surface area contributed by atoms with Gasteiger partial charge in [0.1, 0.15) is 5.75 Å². The summed E-state index contributed by atoms with van der Waals surface area (Å²) >= 11 is 5.99. The predicted octanol–water partition coefficient (Wildman–Crippen LogP) is 4.55. The van der Waals surface area contributed by atoms with Crippen molar-refractivity contribution in [3.05, 3.63) is 62.7 Å². The molecule has 0 aliphatic carbocycles. The van der Waals surface area contributed by atoms with Crippen molar-refractivity contribution < 1.29 is 14.5 Å². The van der Waals surface area contributed by atoms with Crippen LogP contribution >= 0.6 is 11.6 Å². The van der Waals surface area contributed by atoms with Crippen LogP contribution in [-0.4, -0.2) is 10.7 Å². The number of carbonyl (C=O) groups excluding carboxylic acids is 1. The van der Waals surface area contributed by atoms with Gasteiger partial charge in [0.05, 0.1) is 9.95 Å². The molecule has 6 heteroatoms. The van der Waals surface area contributed by atoms with Crippen LogP contribution < -0.4 is 4.74 Å². The van der Waals surface area contributed by atoms with Gasteiger partial charge in [0.2, 0.25) is 5.75 Å². The van der Waals surface area contributed by atoms with Crippen molar-refractivity contribution in [2.24, 2.45) is 0 Å². The van der Waals surface area contributed by atoms with Gasteiger partial charge in [0.25, 0.3) is 0 Å². The highest BCUT2D eigenvalue weighted by Crippen LogP contribution is 2.35. The molecule has 2 rings (SSSR count). The van der Waals surface area contributed by atoms with E-state index in [2.05, 4.69) is 0 Å². The Balaban J connectivity index is 2.39. The van der Waals surface area contributed by atoms with Gasteiger partial charge in [-0.15, -0.1) is 0 Å². The SMILES string of the molecule is CC(=O)c1ccc(Oc2cccc(C)c2[N+](=O)[O-])cc1Cl. The van der Waals surface area contributed by atoms with E-state index in [0.717, 1.165) is 0 Å². The summed E-state index contributed by atoms with van der Waals surface area (Å²) in [6, 6.07) is 9.36. The normalized spacial score (nSPS) is 10.2. The summed E-state index contributed by atoms with van der Waals surface area (Å²) in [5.41, 5.74) is 0.788. The van der Waals surface area contributed by atoms with Gasteiger partial charge in [-0.1, -0.05) is 23.7 Å². The molecule has 0 aromatic heterocycles. The number of hydrogen-bond donors (Lipinski definition) is 0. The third-order valence-corrected chi connectivity index (χ3v) is 3.24. The molecule has 0 bridgehead atoms. The summed E-state index contributed by atoms with van der Waals surface area (Å²) in [5.74, 6) is 0.304. The molecule has 0 aliphatic heterocycles. The van der Waals surface area contributed by atoms with Gasteiger partial charge in [-0.2, -0.15) is 0 Å². The van der Waals surface area contributed by atoms with E-state index in [0.29, 0.717) is 16.9 Å². The van der Waals surface area contributed by atoms with E-state index in [9.17, 15) is 14.9 Å². The number of ether oxygens (including phenoxy) is 1. The largest absolute Gasteiger partial charge is 0.450 e. The van der Waals surface area contributed by atoms with Gasteiger partial charge in [0.15, 0.2) is 5.78 Å². The molecule has 0 N–H and O–H groups in total. The van der Waals surface area contributed by atoms with Crippen molar-refractivity contribution in [3.63, 3.8) is 0 Å². The highest BCUT2D eigenvalue weighted by molar-refractivity contribution is 6.34. The molecular weight excluding hydrogens is 294 g/mol. The van der Waals surface area contributed by atoms with E-state index in [4.69, 9.17) is 16.3 Å². The van der Waals surface area contributed by atoms with Crippen LogP contribution in [0.25, 0.3) is 0 Å². The molecule has 5 nitrogen and oxygen atoms in total. The average molecular weight is 306 g/mol. The molecule has 0 amide bonds. The standard InChI is InChI=1S/C15H12ClNO4/c1-9-4-3-5-14(15(9)17(19)20)21-11-6-7-12(10(2)18)13(16)8-11/h3-8H,1-2H3. The van der Waals surface area contributed by atoms with Crippen LogP contribution in [0.4, 0.5) is 5.69 Å². The maximum Gasteiger partial charge on any atom is 0.314 e. The Kier molecular flexibility index (Phi) is 4.23. The Morgan fingerprint density at radius 1 is 1.29 bits per heavy atom. The number of para-hydroxylation sites is 1. The second-order valence-electron chi connectivity index (χ2n) is 4.48. The highest BCUT2D eigenvalue weighted by atomic mass is 35.5. The minimum atomic E-state index is -0.490. The number of ketones is 1. The zero-order chi connectivity index (χ0) is 15.6. The molecule has 2 aromatic carbocycles. The fourth-order valence-electron chi connectivity index (χ4n) is 1.92. The zero-order valence-corrected chi connectivity index (χ0v) is 12.2. The van der Waals surface area contributed by atoms with E-state index in [1.807, 2.05) is 0 Å². The number of nitro benzene ring substituents is 1. The number of rotatable bonds is 4. The van der Waals surface area contributed by atoms with E-state index in [1.165, 1.54) is 25.1 Å². The quantitative estimate of drug-likeness (QED) is 0.472. The van der Waals surface area contributed by atoms with Crippen LogP contribution in [0.1, 0.15) is 22.8 Å². The van der Waals surface area contributed by atoms with Crippen LogP contribution in [0.15, 0.2) is 36.4 Å². The van der Waals surface area contributed by atoms with Gasteiger partial charge in [-0.05, 0) is 32.0 Å². The molecule has 0 atom stereocenters. The maximum atomic E-state index is 11.3. The smallest absolute Gasteiger partial charge is 0.314 e. The van der Waals surface area contributed by atoms with Crippen molar-refractivity contribution in [3.8, 4) is 11.5 Å². The van der Waals surface area contributed by atoms with Crippen LogP contribution in [-0.2, 0) is 0 Å². The maximum absolute atomic E-state index is 11.3. The summed E-state index contributed by atoms with van der Waals surface area (Å²) < 4.78 is 5.53. The van der Waals surface area contributed by atoms with Crippen molar-refractivity contribution in [1.82, 2.24) is 0 Å². The minimum absolute atomic E-state index is 0.0933. The van der Waals surface area contributed by atoms with Gasteiger partial charge < -0.3 is 4.74 Å². The first-order valence-corrected chi connectivity index (χ1v) is 6.50. The summed E-state index contributed by atoms with van der Waals surface area (Å²) in [5, 5.41) is 11.3. The second kappa shape index (κ2) is 5.93. The van der Waals surface area contributed by atoms with Crippen LogP contribution in [0.3, 0.4) is 0 Å². The molecule has 2 aromatic rings. The number of Topliss-reactive ketones (excluding diaryl/α,β-unsaturated/α-hetero) is 1. The predicted molar refractivity (Wildman–Crippen MR) is 79.4 cm³/mol. The fourth-order valence-corrected chi connectivity index (χ4v) is 2.22. The van der Waals surface area contributed by atoms with E-state index >= 15 is 0 Å². The number of carbonyl (C=O) groups is 1. The van der Waals surface area contributed by atoms with Gasteiger partial charge >= 0.3 is 5.69 Å². The lowest BCUT2D eigenvalue weighted by atomic mass is 10.1. The summed E-state index contributed by atoms with van der Waals surface area (Å²) in [6.45, 7) is 3.05. The molecular formula is C15H12ClNO4. The first-order valence-electron chi connectivity index (χ1n) is 6.12. The molecule has 0 saturated heterocycles. The number of nitro groups is 1. The van der Waals surface area contributed by atoms with Crippen molar-refractivity contribution in [2.45, 2.75) is 13.8 Å². The number of nitrogens with zero attached hydrogens (tertiary/aromatic N) is 1. The van der Waals surface area contributed by atoms with E-state index < -0.39 is 4.92 Å². The fraction of sp³-hybridized carbons (Fsp3) is 0.133. The van der Waals surface area contributed by atoms with Gasteiger partial charge in [-0.25, -0.2) is 0 Å². The van der Waals surface area contributed by atoms with Gasteiger partial charge in [-0.3, -0.25) is 14.9 Å². The molecule has 0 spiro atoms. The number of halogens is 1. The lowest BCUT2D eigenvalue weighted by Gasteiger charge is -2.09. The lowest BCUT2D eigenvalue weighted by Crippen LogP contribution is -1.97. The third-order valence-electron chi connectivity index (χ3n) is 2.93. The van der Waals surface area contributed by atoms with Crippen molar-refractivity contribution in [2.75, 3.05) is 0 Å². The molecule has 0 heterocycles. The minimum Gasteiger partial charge on any atom is -0.450 e. The molecule has 21 heavy (non-hydrogen) atoms. The highest BCUT2D eigenvalue weighted by Gasteiger charge is 2.19. The first-order chi connectivity index (χ1) is 9.90. The van der Waals surface area contributed by atoms with E-state index in [1.54, 1.807) is 25.1 Å². The molecule has 0 unspecified atom stereocenters. The number of aryl methyl sites for hydroxylation is 1. The molecule has 0 fully saturated rings. The Morgan fingerprint density at radius 3 is 2.57 bits per heavy atom. The van der Waals surface area contributed by atoms with Crippen LogP contribution in [0, 0.1) is 17.0 Å². The topological polar surface area (TPSA) is 69.4 Å². The Morgan fingerprint density at radius 2 is 2.00 bits per heavy atom. The number of benzene rings is 2. The molecule has 108 valence electrons. The average Bonchev–Trinajstić information content (AvgIpc) is 2.37. The zero-order valence-electron chi connectivity index (χ0n) is 11.4. The lowest BCUT2D eigenvalue weighted by molar-refractivity contribution is -0.386. The van der Waals surface area contributed by atoms with Crippen LogP contribution in [0.2, 0.25) is 5.02 Å². The van der Waals surface area contributed by atoms with Gasteiger partial charge in [0, 0.05) is 17.2 Å². The van der Waals surface area contributed by atoms with Crippen molar-refractivity contribution >= 4 is 23.1 Å². The molecule has 0 saturated carbocycles. The summed E-state index contributed by atoms with van der Waals surface area (Å²) in [4.78, 5) is 21.9. The molecule has 0 radical (unpaired) electrons. The first kappa shape index (κ1) is 15.0.